The maximum atomic E-state index is 6.20. The summed E-state index contributed by atoms with van der Waals surface area (Å²) in [7, 11) is 0. The molecule has 8 N–H and O–H groups in total. The Morgan fingerprint density at radius 3 is 0.846 bits per heavy atom. The van der Waals surface area contributed by atoms with Crippen LogP contribution in [0.2, 0.25) is 0 Å². The Morgan fingerprint density at radius 1 is 0.538 bits per heavy atom. The van der Waals surface area contributed by atoms with Crippen LogP contribution >= 0.6 is 12.4 Å². The zero-order chi connectivity index (χ0) is 8.31. The number of hydrogen-bond donors (Lipinski definition) is 4. The first-order chi connectivity index (χ1) is 5.46. The lowest BCUT2D eigenvalue weighted by Crippen LogP contribution is -3.33. The van der Waals surface area contributed by atoms with Crippen LogP contribution in [0.3, 0.4) is 0 Å². The van der Waals surface area contributed by atoms with Gasteiger partial charge in [0.15, 0.2) is 0 Å². The molecule has 13 heavy (non-hydrogen) atoms. The van der Waals surface area contributed by atoms with Crippen molar-refractivity contribution < 1.29 is 0 Å². The van der Waals surface area contributed by atoms with Gasteiger partial charge in [-0.15, -0.1) is 12.4 Å². The first-order valence-electron chi connectivity index (χ1n) is 4.62. The van der Waals surface area contributed by atoms with E-state index in [0.29, 0.717) is 23.7 Å². The van der Waals surface area contributed by atoms with Crippen molar-refractivity contribution in [2.75, 3.05) is 0 Å². The molecule has 4 nitrogen and oxygen atoms in total. The largest absolute Gasteiger partial charge is 0.324 e. The van der Waals surface area contributed by atoms with Crippen LogP contribution in [-0.4, -0.2) is 22.2 Å². The van der Waals surface area contributed by atoms with Crippen molar-refractivity contribution in [1.29, 1.82) is 0 Å². The van der Waals surface area contributed by atoms with E-state index < -0.39 is 0 Å². The summed E-state index contributed by atoms with van der Waals surface area (Å²) in [6.07, 6.45) is 0. The summed E-state index contributed by atoms with van der Waals surface area (Å²) >= 11 is 0. The van der Waals surface area contributed by atoms with Crippen LogP contribution in [0.4, 0.5) is 0 Å². The second-order valence-corrected chi connectivity index (χ2v) is 5.73. The van der Waals surface area contributed by atoms with Crippen molar-refractivity contribution in [2.24, 2.45) is 46.6 Å². The molecule has 6 fully saturated rings. The molecule has 0 amide bonds. The van der Waals surface area contributed by atoms with E-state index in [-0.39, 0.29) is 34.6 Å². The van der Waals surface area contributed by atoms with Crippen molar-refractivity contribution >= 4 is 12.4 Å². The number of halogens is 1. The smallest absolute Gasteiger partial charge is 0.0347 e. The van der Waals surface area contributed by atoms with Gasteiger partial charge >= 0.3 is 0 Å². The molecule has 0 aliphatic heterocycles. The maximum Gasteiger partial charge on any atom is 0.0347 e. The third-order valence-electron chi connectivity index (χ3n) is 6.00. The normalized spacial score (nSPS) is 93.2. The van der Waals surface area contributed by atoms with E-state index in [1.807, 2.05) is 0 Å². The van der Waals surface area contributed by atoms with E-state index in [2.05, 4.69) is 0 Å². The molecule has 0 spiro atoms. The van der Waals surface area contributed by atoms with Crippen LogP contribution in [0.15, 0.2) is 0 Å². The van der Waals surface area contributed by atoms with Crippen molar-refractivity contribution in [3.05, 3.63) is 0 Å². The number of nitrogens with two attached hydrogens (primary N) is 4. The maximum absolute atomic E-state index is 6.20. The second kappa shape index (κ2) is 1.15. The summed E-state index contributed by atoms with van der Waals surface area (Å²) in [4.78, 5) is 0. The first kappa shape index (κ1) is 7.43. The fourth-order valence-corrected chi connectivity index (χ4v) is 6.62. The lowest BCUT2D eigenvalue weighted by molar-refractivity contribution is -0.591. The van der Waals surface area contributed by atoms with Gasteiger partial charge < -0.3 is 22.9 Å². The van der Waals surface area contributed by atoms with Crippen molar-refractivity contribution in [2.45, 2.75) is 22.2 Å². The Labute approximate surface area is 81.8 Å². The Bertz CT molecular complexity index is 259. The molecule has 0 aromatic heterocycles. The molecule has 0 unspecified atom stereocenters. The molecule has 0 aromatic rings. The third-order valence-corrected chi connectivity index (χ3v) is 6.00. The molecule has 0 bridgehead atoms. The standard InChI is InChI=1S/C8H12N4.ClH/c9-5-1-6(10)2(5)8(12)3(5)7(1,11)4(6)8;/h1-4H,9-12H2;1H. The van der Waals surface area contributed by atoms with Gasteiger partial charge in [-0.25, -0.2) is 0 Å². The average molecular weight is 201 g/mol. The quantitative estimate of drug-likeness (QED) is 0.354. The molecule has 0 saturated heterocycles. The SMILES string of the molecule is Cl.NC12C3C4(N)C1C1(N)C2C3(N)C41. The molecule has 0 atom stereocenters. The molecule has 6 rings (SSSR count). The van der Waals surface area contributed by atoms with E-state index in [9.17, 15) is 0 Å². The highest BCUT2D eigenvalue weighted by Crippen LogP contribution is 3.03. The monoisotopic (exact) mass is 200 g/mol. The molecular weight excluding hydrogens is 188 g/mol. The average Bonchev–Trinajstić information content (AvgIpc) is 1.78. The van der Waals surface area contributed by atoms with Crippen LogP contribution in [0.1, 0.15) is 0 Å². The minimum absolute atomic E-state index is 0. The zero-order valence-electron chi connectivity index (χ0n) is 7.03. The highest BCUT2D eigenvalue weighted by molar-refractivity contribution is 5.85. The first-order valence-corrected chi connectivity index (χ1v) is 4.62. The highest BCUT2D eigenvalue weighted by atomic mass is 35.5. The van der Waals surface area contributed by atoms with Crippen molar-refractivity contribution in [3.8, 4) is 0 Å². The van der Waals surface area contributed by atoms with Gasteiger partial charge in [-0.3, -0.25) is 0 Å². The predicted molar refractivity (Wildman–Crippen MR) is 48.9 cm³/mol. The van der Waals surface area contributed by atoms with Crippen molar-refractivity contribution in [1.82, 2.24) is 0 Å². The molecule has 0 aromatic carbocycles. The molecule has 6 aliphatic rings. The van der Waals surface area contributed by atoms with E-state index >= 15 is 0 Å². The van der Waals surface area contributed by atoms with Gasteiger partial charge in [-0.2, -0.15) is 0 Å². The lowest BCUT2D eigenvalue weighted by atomic mass is 8.91. The van der Waals surface area contributed by atoms with Crippen LogP contribution in [0.25, 0.3) is 0 Å². The van der Waals surface area contributed by atoms with E-state index in [0.717, 1.165) is 0 Å². The summed E-state index contributed by atoms with van der Waals surface area (Å²) in [5.41, 5.74) is 24.7. The van der Waals surface area contributed by atoms with Crippen molar-refractivity contribution in [3.63, 3.8) is 0 Å². The molecule has 72 valence electrons. The number of rotatable bonds is 0. The van der Waals surface area contributed by atoms with Gasteiger partial charge in [-0.05, 0) is 0 Å². The van der Waals surface area contributed by atoms with E-state index in [1.165, 1.54) is 0 Å². The van der Waals surface area contributed by atoms with Crippen LogP contribution < -0.4 is 22.9 Å². The van der Waals surface area contributed by atoms with E-state index in [1.54, 1.807) is 0 Å². The van der Waals surface area contributed by atoms with Gasteiger partial charge in [-0.1, -0.05) is 0 Å². The molecule has 6 aliphatic carbocycles. The van der Waals surface area contributed by atoms with Gasteiger partial charge in [0.25, 0.3) is 0 Å². The molecule has 5 heteroatoms. The van der Waals surface area contributed by atoms with Gasteiger partial charge in [0.2, 0.25) is 0 Å². The topological polar surface area (TPSA) is 104 Å². The zero-order valence-corrected chi connectivity index (χ0v) is 7.84. The van der Waals surface area contributed by atoms with Crippen LogP contribution in [0.5, 0.6) is 0 Å². The Hall–Kier alpha value is 0.130. The molecule has 0 radical (unpaired) electrons. The van der Waals surface area contributed by atoms with Crippen LogP contribution in [0, 0.1) is 23.7 Å². The Balaban J connectivity index is 0.000000512. The molecular formula is C8H13ClN4. The van der Waals surface area contributed by atoms with Crippen LogP contribution in [-0.2, 0) is 0 Å². The summed E-state index contributed by atoms with van der Waals surface area (Å²) in [6.45, 7) is 0. The summed E-state index contributed by atoms with van der Waals surface area (Å²) in [6, 6.07) is 0. The minimum Gasteiger partial charge on any atom is -0.324 e. The third kappa shape index (κ3) is 0.239. The van der Waals surface area contributed by atoms with Gasteiger partial charge in [0.05, 0.1) is 0 Å². The van der Waals surface area contributed by atoms with Gasteiger partial charge in [0.1, 0.15) is 0 Å². The second-order valence-electron chi connectivity index (χ2n) is 5.73. The summed E-state index contributed by atoms with van der Waals surface area (Å²) < 4.78 is 0. The Morgan fingerprint density at radius 2 is 0.692 bits per heavy atom. The highest BCUT2D eigenvalue weighted by Gasteiger charge is 3.18. The fourth-order valence-electron chi connectivity index (χ4n) is 6.62. The molecule has 0 heterocycles. The summed E-state index contributed by atoms with van der Waals surface area (Å²) in [5, 5.41) is 0. The minimum atomic E-state index is -0.0208. The lowest BCUT2D eigenvalue weighted by Gasteiger charge is -3.15. The fraction of sp³-hybridized carbons (Fsp3) is 1.00. The molecule has 6 saturated carbocycles. The Kier molecular flexibility index (Phi) is 0.657. The number of hydrogen-bond acceptors (Lipinski definition) is 4. The van der Waals surface area contributed by atoms with E-state index in [4.69, 9.17) is 22.9 Å². The summed E-state index contributed by atoms with van der Waals surface area (Å²) in [5.74, 6) is 1.62. The predicted octanol–water partition coefficient (Wildman–Crippen LogP) is -2.27. The van der Waals surface area contributed by atoms with Gasteiger partial charge in [0, 0.05) is 45.8 Å².